The average Bonchev–Trinajstić information content (AvgIpc) is 2.52. The lowest BCUT2D eigenvalue weighted by Crippen LogP contribution is -2.46. The first-order chi connectivity index (χ1) is 11.3. The molecule has 0 heterocycles. The quantitative estimate of drug-likeness (QED) is 0.732. The molecule has 0 aromatic heterocycles. The number of alkyl carbamates (subject to hydrolysis) is 1. The Bertz CT molecular complexity index is 536. The molecule has 1 atom stereocenters. The van der Waals surface area contributed by atoms with Crippen molar-refractivity contribution in [2.45, 2.75) is 64.5 Å². The molecule has 134 valence electrons. The lowest BCUT2D eigenvalue weighted by Gasteiger charge is -2.31. The first kappa shape index (κ1) is 19.1. The van der Waals surface area contributed by atoms with Gasteiger partial charge in [-0.3, -0.25) is 0 Å². The SMILES string of the molecule is CC(C)(C)OC(=O)N[C@@H](COc1ccccc1Br)C1CCCCC1. The van der Waals surface area contributed by atoms with Crippen LogP contribution >= 0.6 is 15.9 Å². The molecule has 0 radical (unpaired) electrons. The van der Waals surface area contributed by atoms with E-state index in [9.17, 15) is 4.79 Å². The van der Waals surface area contributed by atoms with Crippen molar-refractivity contribution in [3.05, 3.63) is 28.7 Å². The van der Waals surface area contributed by atoms with Crippen LogP contribution in [0.15, 0.2) is 28.7 Å². The second-order valence-corrected chi connectivity index (χ2v) is 8.25. The van der Waals surface area contributed by atoms with Gasteiger partial charge >= 0.3 is 6.09 Å². The Morgan fingerprint density at radius 3 is 2.54 bits per heavy atom. The Balaban J connectivity index is 1.99. The number of rotatable bonds is 5. The zero-order chi connectivity index (χ0) is 17.6. The summed E-state index contributed by atoms with van der Waals surface area (Å²) in [6.45, 7) is 6.08. The zero-order valence-electron chi connectivity index (χ0n) is 14.8. The summed E-state index contributed by atoms with van der Waals surface area (Å²) in [4.78, 5) is 12.2. The minimum atomic E-state index is -0.496. The van der Waals surface area contributed by atoms with Crippen LogP contribution in [0.5, 0.6) is 5.75 Å². The number of ether oxygens (including phenoxy) is 2. The number of carbonyl (C=O) groups is 1. The second-order valence-electron chi connectivity index (χ2n) is 7.39. The largest absolute Gasteiger partial charge is 0.490 e. The van der Waals surface area contributed by atoms with Crippen molar-refractivity contribution in [3.63, 3.8) is 0 Å². The summed E-state index contributed by atoms with van der Waals surface area (Å²) in [6, 6.07) is 7.74. The normalized spacial score (nSPS) is 17.2. The molecule has 1 saturated carbocycles. The molecule has 24 heavy (non-hydrogen) atoms. The molecule has 4 nitrogen and oxygen atoms in total. The van der Waals surface area contributed by atoms with Crippen LogP contribution in [0.2, 0.25) is 0 Å². The topological polar surface area (TPSA) is 47.6 Å². The third-order valence-electron chi connectivity index (χ3n) is 4.18. The maximum Gasteiger partial charge on any atom is 0.408 e. The number of benzene rings is 1. The number of amides is 1. The van der Waals surface area contributed by atoms with Crippen molar-refractivity contribution in [2.24, 2.45) is 5.92 Å². The van der Waals surface area contributed by atoms with E-state index in [4.69, 9.17) is 9.47 Å². The maximum absolute atomic E-state index is 12.2. The molecule has 0 saturated heterocycles. The van der Waals surface area contributed by atoms with Crippen molar-refractivity contribution >= 4 is 22.0 Å². The first-order valence-electron chi connectivity index (χ1n) is 8.72. The van der Waals surface area contributed by atoms with Crippen LogP contribution in [0.4, 0.5) is 4.79 Å². The Morgan fingerprint density at radius 2 is 1.92 bits per heavy atom. The fourth-order valence-corrected chi connectivity index (χ4v) is 3.43. The highest BCUT2D eigenvalue weighted by molar-refractivity contribution is 9.10. The zero-order valence-corrected chi connectivity index (χ0v) is 16.4. The summed E-state index contributed by atoms with van der Waals surface area (Å²) in [5.74, 6) is 1.23. The van der Waals surface area contributed by atoms with E-state index in [1.807, 2.05) is 45.0 Å². The van der Waals surface area contributed by atoms with Gasteiger partial charge in [-0.25, -0.2) is 4.79 Å². The molecule has 1 fully saturated rings. The predicted octanol–water partition coefficient (Wildman–Crippen LogP) is 5.30. The summed E-state index contributed by atoms with van der Waals surface area (Å²) in [5.41, 5.74) is -0.496. The second kappa shape index (κ2) is 8.75. The number of hydrogen-bond acceptors (Lipinski definition) is 3. The summed E-state index contributed by atoms with van der Waals surface area (Å²) >= 11 is 3.50. The van der Waals surface area contributed by atoms with Gasteiger partial charge in [-0.15, -0.1) is 0 Å². The van der Waals surface area contributed by atoms with Crippen molar-refractivity contribution in [3.8, 4) is 5.75 Å². The van der Waals surface area contributed by atoms with Crippen LogP contribution in [0, 0.1) is 5.92 Å². The monoisotopic (exact) mass is 397 g/mol. The standard InChI is InChI=1S/C19H28BrNO3/c1-19(2,3)24-18(22)21-16(14-9-5-4-6-10-14)13-23-17-12-8-7-11-15(17)20/h7-8,11-12,14,16H,4-6,9-10,13H2,1-3H3,(H,21,22)/t16-/m0/s1. The van der Waals surface area contributed by atoms with E-state index >= 15 is 0 Å². The highest BCUT2D eigenvalue weighted by Gasteiger charge is 2.28. The van der Waals surface area contributed by atoms with Gasteiger partial charge in [0.15, 0.2) is 0 Å². The Kier molecular flexibility index (Phi) is 6.96. The molecule has 1 amide bonds. The number of nitrogens with one attached hydrogen (secondary N) is 1. The van der Waals surface area contributed by atoms with Gasteiger partial charge in [-0.05, 0) is 67.6 Å². The molecule has 2 rings (SSSR count). The van der Waals surface area contributed by atoms with Crippen LogP contribution in [-0.4, -0.2) is 24.3 Å². The van der Waals surface area contributed by atoms with Crippen molar-refractivity contribution in [2.75, 3.05) is 6.61 Å². The molecule has 0 bridgehead atoms. The highest BCUT2D eigenvalue weighted by atomic mass is 79.9. The third kappa shape index (κ3) is 6.34. The lowest BCUT2D eigenvalue weighted by molar-refractivity contribution is 0.0449. The van der Waals surface area contributed by atoms with E-state index in [0.717, 1.165) is 23.1 Å². The van der Waals surface area contributed by atoms with Gasteiger partial charge in [-0.2, -0.15) is 0 Å². The van der Waals surface area contributed by atoms with Crippen LogP contribution < -0.4 is 10.1 Å². The fourth-order valence-electron chi connectivity index (χ4n) is 3.03. The minimum Gasteiger partial charge on any atom is -0.490 e. The molecular weight excluding hydrogens is 370 g/mol. The maximum atomic E-state index is 12.2. The molecule has 0 aliphatic heterocycles. The van der Waals surface area contributed by atoms with Crippen LogP contribution in [0.3, 0.4) is 0 Å². The van der Waals surface area contributed by atoms with E-state index in [1.165, 1.54) is 19.3 Å². The molecule has 1 aliphatic rings. The van der Waals surface area contributed by atoms with Crippen LogP contribution in [0.25, 0.3) is 0 Å². The molecule has 5 heteroatoms. The van der Waals surface area contributed by atoms with E-state index in [0.29, 0.717) is 12.5 Å². The van der Waals surface area contributed by atoms with E-state index in [1.54, 1.807) is 0 Å². The summed E-state index contributed by atoms with van der Waals surface area (Å²) in [7, 11) is 0. The van der Waals surface area contributed by atoms with E-state index < -0.39 is 5.60 Å². The molecule has 1 aromatic carbocycles. The highest BCUT2D eigenvalue weighted by Crippen LogP contribution is 2.29. The lowest BCUT2D eigenvalue weighted by atomic mass is 9.84. The van der Waals surface area contributed by atoms with E-state index in [2.05, 4.69) is 21.2 Å². The van der Waals surface area contributed by atoms with E-state index in [-0.39, 0.29) is 12.1 Å². The predicted molar refractivity (Wildman–Crippen MR) is 99.4 cm³/mol. The minimum absolute atomic E-state index is 0.0349. The van der Waals surface area contributed by atoms with Gasteiger partial charge < -0.3 is 14.8 Å². The van der Waals surface area contributed by atoms with Gasteiger partial charge in [0.25, 0.3) is 0 Å². The molecule has 1 aliphatic carbocycles. The van der Waals surface area contributed by atoms with Crippen molar-refractivity contribution in [1.82, 2.24) is 5.32 Å². The molecular formula is C19H28BrNO3. The average molecular weight is 398 g/mol. The molecule has 1 aromatic rings. The summed E-state index contributed by atoms with van der Waals surface area (Å²) < 4.78 is 12.3. The molecule has 1 N–H and O–H groups in total. The first-order valence-corrected chi connectivity index (χ1v) is 9.51. The van der Waals surface area contributed by atoms with Crippen LogP contribution in [-0.2, 0) is 4.74 Å². The van der Waals surface area contributed by atoms with Gasteiger partial charge in [0.1, 0.15) is 18.0 Å². The summed E-state index contributed by atoms with van der Waals surface area (Å²) in [6.07, 6.45) is 5.59. The molecule has 0 unspecified atom stereocenters. The number of hydrogen-bond donors (Lipinski definition) is 1. The fraction of sp³-hybridized carbons (Fsp3) is 0.632. The smallest absolute Gasteiger partial charge is 0.408 e. The van der Waals surface area contributed by atoms with Gasteiger partial charge in [0.2, 0.25) is 0 Å². The third-order valence-corrected chi connectivity index (χ3v) is 4.83. The van der Waals surface area contributed by atoms with Gasteiger partial charge in [0.05, 0.1) is 10.5 Å². The summed E-state index contributed by atoms with van der Waals surface area (Å²) in [5, 5.41) is 3.03. The Hall–Kier alpha value is -1.23. The molecule has 0 spiro atoms. The Morgan fingerprint density at radius 1 is 1.25 bits per heavy atom. The van der Waals surface area contributed by atoms with Crippen molar-refractivity contribution in [1.29, 1.82) is 0 Å². The van der Waals surface area contributed by atoms with Crippen molar-refractivity contribution < 1.29 is 14.3 Å². The number of carbonyl (C=O) groups excluding carboxylic acids is 1. The van der Waals surface area contributed by atoms with Gasteiger partial charge in [0, 0.05) is 0 Å². The van der Waals surface area contributed by atoms with Gasteiger partial charge in [-0.1, -0.05) is 31.4 Å². The Labute approximate surface area is 153 Å². The van der Waals surface area contributed by atoms with Crippen LogP contribution in [0.1, 0.15) is 52.9 Å². The number of para-hydroxylation sites is 1. The number of halogens is 1.